The first kappa shape index (κ1) is 19.5. The third-order valence-electron chi connectivity index (χ3n) is 4.12. The minimum Gasteiger partial charge on any atom is -0.317 e. The van der Waals surface area contributed by atoms with Crippen LogP contribution in [0.4, 0.5) is 0 Å². The van der Waals surface area contributed by atoms with E-state index < -0.39 is 0 Å². The van der Waals surface area contributed by atoms with Crippen LogP contribution < -0.4 is 0 Å². The molecule has 1 nitrogen and oxygen atoms in total. The van der Waals surface area contributed by atoms with Gasteiger partial charge in [0.25, 0.3) is 0 Å². The van der Waals surface area contributed by atoms with Crippen LogP contribution in [0.2, 0.25) is 0 Å². The van der Waals surface area contributed by atoms with Gasteiger partial charge in [0.15, 0.2) is 0 Å². The summed E-state index contributed by atoms with van der Waals surface area (Å²) < 4.78 is 0. The van der Waals surface area contributed by atoms with Crippen molar-refractivity contribution in [2.75, 3.05) is 6.54 Å². The number of unbranched alkanes of at least 4 members (excludes halogenated alkanes) is 15. The Morgan fingerprint density at radius 1 is 0.500 bits per heavy atom. The van der Waals surface area contributed by atoms with Gasteiger partial charge >= 0.3 is 0 Å². The molecule has 0 atom stereocenters. The van der Waals surface area contributed by atoms with Gasteiger partial charge in [-0.05, 0) is 6.42 Å². The Bertz CT molecular complexity index is 204. The molecule has 0 spiro atoms. The average Bonchev–Trinajstić information content (AvgIpc) is 2.47. The summed E-state index contributed by atoms with van der Waals surface area (Å²) in [5.74, 6) is 0. The molecule has 20 heavy (non-hydrogen) atoms. The van der Waals surface area contributed by atoms with Gasteiger partial charge in [-0.2, -0.15) is 0 Å². The molecular weight excluding hydrogens is 242 g/mol. The first-order chi connectivity index (χ1) is 9.91. The highest BCUT2D eigenvalue weighted by Crippen LogP contribution is 2.13. The molecule has 0 heterocycles. The molecule has 0 bridgehead atoms. The molecule has 0 aromatic rings. The zero-order valence-corrected chi connectivity index (χ0v) is 14.0. The van der Waals surface area contributed by atoms with Gasteiger partial charge in [0.2, 0.25) is 6.54 Å². The van der Waals surface area contributed by atoms with E-state index in [1.807, 2.05) is 0 Å². The van der Waals surface area contributed by atoms with Crippen LogP contribution >= 0.6 is 0 Å². The molecule has 0 rings (SSSR count). The summed E-state index contributed by atoms with van der Waals surface area (Å²) in [7, 11) is 0. The second-order valence-corrected chi connectivity index (χ2v) is 6.19. The smallest absolute Gasteiger partial charge is 0.214 e. The van der Waals surface area contributed by atoms with Crippen LogP contribution in [0.25, 0.3) is 4.85 Å². The van der Waals surface area contributed by atoms with E-state index in [1.54, 1.807) is 0 Å². The second-order valence-electron chi connectivity index (χ2n) is 6.19. The fourth-order valence-corrected chi connectivity index (χ4v) is 2.74. The lowest BCUT2D eigenvalue weighted by molar-refractivity contribution is 0.531. The van der Waals surface area contributed by atoms with Crippen molar-refractivity contribution >= 4 is 0 Å². The lowest BCUT2D eigenvalue weighted by atomic mass is 10.0. The van der Waals surface area contributed by atoms with Gasteiger partial charge in [0, 0.05) is 6.42 Å². The number of nitrogens with zero attached hydrogens (tertiary/aromatic N) is 1. The van der Waals surface area contributed by atoms with Crippen LogP contribution in [0.15, 0.2) is 0 Å². The van der Waals surface area contributed by atoms with Crippen molar-refractivity contribution in [1.82, 2.24) is 0 Å². The summed E-state index contributed by atoms with van der Waals surface area (Å²) in [4.78, 5) is 3.39. The summed E-state index contributed by atoms with van der Waals surface area (Å²) in [6.45, 7) is 9.73. The Kier molecular flexibility index (Phi) is 18.0. The number of hydrogen-bond donors (Lipinski definition) is 0. The standard InChI is InChI=1S/C19H37N/c1-3-4-5-6-7-8-9-10-11-12-13-14-15-16-17-18-19-20-2/h3-19H2,1H3. The van der Waals surface area contributed by atoms with E-state index in [4.69, 9.17) is 6.57 Å². The molecule has 118 valence electrons. The number of hydrogen-bond acceptors (Lipinski definition) is 0. The van der Waals surface area contributed by atoms with Crippen molar-refractivity contribution < 1.29 is 0 Å². The maximum Gasteiger partial charge on any atom is 0.214 e. The van der Waals surface area contributed by atoms with E-state index in [1.165, 1.54) is 96.3 Å². The molecular formula is C19H37N. The normalized spacial score (nSPS) is 10.6. The quantitative estimate of drug-likeness (QED) is 0.208. The molecule has 0 saturated carbocycles. The van der Waals surface area contributed by atoms with Gasteiger partial charge in [-0.25, -0.2) is 6.57 Å². The predicted molar refractivity (Wildman–Crippen MR) is 91.0 cm³/mol. The number of rotatable bonds is 16. The Morgan fingerprint density at radius 2 is 0.800 bits per heavy atom. The summed E-state index contributed by atoms with van der Waals surface area (Å²) in [6, 6.07) is 0. The van der Waals surface area contributed by atoms with E-state index in [2.05, 4.69) is 11.8 Å². The molecule has 0 aliphatic carbocycles. The molecule has 0 aliphatic heterocycles. The van der Waals surface area contributed by atoms with Crippen molar-refractivity contribution in [1.29, 1.82) is 0 Å². The fraction of sp³-hybridized carbons (Fsp3) is 0.947. The molecule has 0 N–H and O–H groups in total. The highest BCUT2D eigenvalue weighted by Gasteiger charge is 1.94. The molecule has 0 fully saturated rings. The van der Waals surface area contributed by atoms with Crippen LogP contribution in [-0.4, -0.2) is 6.54 Å². The SMILES string of the molecule is [C-]#[N+]CCCCCCCCCCCCCCCCCC. The van der Waals surface area contributed by atoms with Crippen LogP contribution in [0.3, 0.4) is 0 Å². The molecule has 0 aliphatic rings. The van der Waals surface area contributed by atoms with Crippen LogP contribution in [0.5, 0.6) is 0 Å². The first-order valence-electron chi connectivity index (χ1n) is 9.25. The lowest BCUT2D eigenvalue weighted by Gasteiger charge is -2.03. The average molecular weight is 280 g/mol. The Labute approximate surface area is 128 Å². The Balaban J connectivity index is 2.91. The minimum absolute atomic E-state index is 0.735. The zero-order valence-electron chi connectivity index (χ0n) is 14.0. The summed E-state index contributed by atoms with van der Waals surface area (Å²) in [5, 5.41) is 0. The molecule has 1 heteroatoms. The second kappa shape index (κ2) is 18.5. The monoisotopic (exact) mass is 279 g/mol. The van der Waals surface area contributed by atoms with Gasteiger partial charge in [0.05, 0.1) is 0 Å². The summed E-state index contributed by atoms with van der Waals surface area (Å²) >= 11 is 0. The summed E-state index contributed by atoms with van der Waals surface area (Å²) in [6.07, 6.45) is 22.4. The first-order valence-corrected chi connectivity index (χ1v) is 9.25. The highest BCUT2D eigenvalue weighted by atomic mass is 14.6. The maximum absolute atomic E-state index is 6.71. The molecule has 0 aromatic carbocycles. The van der Waals surface area contributed by atoms with Crippen LogP contribution in [0.1, 0.15) is 110 Å². The predicted octanol–water partition coefficient (Wildman–Crippen LogP) is 7.17. The molecule has 0 unspecified atom stereocenters. The van der Waals surface area contributed by atoms with E-state index in [9.17, 15) is 0 Å². The summed E-state index contributed by atoms with van der Waals surface area (Å²) in [5.41, 5.74) is 0. The van der Waals surface area contributed by atoms with Crippen molar-refractivity contribution in [3.63, 3.8) is 0 Å². The third kappa shape index (κ3) is 17.5. The largest absolute Gasteiger partial charge is 0.317 e. The molecule has 0 radical (unpaired) electrons. The van der Waals surface area contributed by atoms with E-state index in [-0.39, 0.29) is 0 Å². The van der Waals surface area contributed by atoms with Crippen LogP contribution in [-0.2, 0) is 0 Å². The van der Waals surface area contributed by atoms with E-state index in [0.717, 1.165) is 13.0 Å². The minimum atomic E-state index is 0.735. The Hall–Kier alpha value is -0.510. The Morgan fingerprint density at radius 3 is 1.10 bits per heavy atom. The third-order valence-corrected chi connectivity index (χ3v) is 4.12. The molecule has 0 saturated heterocycles. The van der Waals surface area contributed by atoms with Crippen molar-refractivity contribution in [2.45, 2.75) is 110 Å². The van der Waals surface area contributed by atoms with Crippen molar-refractivity contribution in [2.24, 2.45) is 0 Å². The van der Waals surface area contributed by atoms with Crippen LogP contribution in [0, 0.1) is 6.57 Å². The van der Waals surface area contributed by atoms with Gasteiger partial charge < -0.3 is 4.85 Å². The molecule has 0 amide bonds. The van der Waals surface area contributed by atoms with Gasteiger partial charge in [0.1, 0.15) is 0 Å². The lowest BCUT2D eigenvalue weighted by Crippen LogP contribution is -1.84. The van der Waals surface area contributed by atoms with Crippen molar-refractivity contribution in [3.8, 4) is 0 Å². The highest BCUT2D eigenvalue weighted by molar-refractivity contribution is 4.58. The zero-order chi connectivity index (χ0) is 14.7. The van der Waals surface area contributed by atoms with Crippen molar-refractivity contribution in [3.05, 3.63) is 11.4 Å². The molecule has 0 aromatic heterocycles. The maximum atomic E-state index is 6.71. The van der Waals surface area contributed by atoms with Gasteiger partial charge in [-0.15, -0.1) is 0 Å². The topological polar surface area (TPSA) is 4.36 Å². The van der Waals surface area contributed by atoms with Gasteiger partial charge in [-0.1, -0.05) is 96.8 Å². The van der Waals surface area contributed by atoms with E-state index >= 15 is 0 Å². The van der Waals surface area contributed by atoms with Gasteiger partial charge in [-0.3, -0.25) is 0 Å². The van der Waals surface area contributed by atoms with E-state index in [0.29, 0.717) is 0 Å². The fourth-order valence-electron chi connectivity index (χ4n) is 2.74.